The van der Waals surface area contributed by atoms with E-state index in [-0.39, 0.29) is 5.91 Å². The predicted molar refractivity (Wildman–Crippen MR) is 82.2 cm³/mol. The first-order chi connectivity index (χ1) is 9.02. The van der Waals surface area contributed by atoms with Gasteiger partial charge in [-0.2, -0.15) is 0 Å². The van der Waals surface area contributed by atoms with Gasteiger partial charge in [0.05, 0.1) is 5.25 Å². The van der Waals surface area contributed by atoms with E-state index in [1.807, 2.05) is 20.8 Å². The van der Waals surface area contributed by atoms with Crippen LogP contribution in [0.3, 0.4) is 0 Å². The van der Waals surface area contributed by atoms with Crippen molar-refractivity contribution in [3.63, 3.8) is 0 Å². The van der Waals surface area contributed by atoms with E-state index in [9.17, 15) is 13.2 Å². The Balaban J connectivity index is 2.78. The number of anilines is 2. The van der Waals surface area contributed by atoms with Crippen LogP contribution < -0.4 is 10.0 Å². The summed E-state index contributed by atoms with van der Waals surface area (Å²) in [6.45, 7) is 8.70. The lowest BCUT2D eigenvalue weighted by Gasteiger charge is -2.18. The molecule has 5 nitrogen and oxygen atoms in total. The Hall–Kier alpha value is -1.56. The van der Waals surface area contributed by atoms with Crippen LogP contribution in [0.2, 0.25) is 0 Å². The Kier molecular flexibility index (Phi) is 4.81. The van der Waals surface area contributed by atoms with Gasteiger partial charge in [0.1, 0.15) is 0 Å². The molecule has 0 spiro atoms. The molecule has 2 N–H and O–H groups in total. The number of benzene rings is 1. The van der Waals surface area contributed by atoms with Crippen molar-refractivity contribution in [2.75, 3.05) is 10.0 Å². The highest BCUT2D eigenvalue weighted by Crippen LogP contribution is 2.20. The largest absolute Gasteiger partial charge is 0.326 e. The molecule has 20 heavy (non-hydrogen) atoms. The summed E-state index contributed by atoms with van der Waals surface area (Å²) in [5, 5.41) is 2.28. The molecule has 0 saturated carbocycles. The molecule has 0 heterocycles. The SMILES string of the molecule is CC(C)S(=O)(=O)Nc1ccc(NC(=O)C(C)(C)C)cc1. The van der Waals surface area contributed by atoms with E-state index in [0.29, 0.717) is 11.4 Å². The maximum Gasteiger partial charge on any atom is 0.235 e. The number of hydrogen-bond donors (Lipinski definition) is 2. The molecule has 1 rings (SSSR count). The average molecular weight is 298 g/mol. The summed E-state index contributed by atoms with van der Waals surface area (Å²) >= 11 is 0. The van der Waals surface area contributed by atoms with Crippen LogP contribution in [0.5, 0.6) is 0 Å². The Morgan fingerprint density at radius 2 is 1.50 bits per heavy atom. The third kappa shape index (κ3) is 4.52. The van der Waals surface area contributed by atoms with E-state index in [4.69, 9.17) is 0 Å². The van der Waals surface area contributed by atoms with Crippen molar-refractivity contribution < 1.29 is 13.2 Å². The summed E-state index contributed by atoms with van der Waals surface area (Å²) in [6, 6.07) is 6.58. The van der Waals surface area contributed by atoms with Gasteiger partial charge in [-0.3, -0.25) is 9.52 Å². The quantitative estimate of drug-likeness (QED) is 0.897. The summed E-state index contributed by atoms with van der Waals surface area (Å²) in [5.41, 5.74) is 0.641. The van der Waals surface area contributed by atoms with Gasteiger partial charge in [0.2, 0.25) is 15.9 Å². The molecule has 6 heteroatoms. The number of carbonyl (C=O) groups excluding carboxylic acids is 1. The van der Waals surface area contributed by atoms with E-state index in [1.54, 1.807) is 38.1 Å². The summed E-state index contributed by atoms with van der Waals surface area (Å²) in [6.07, 6.45) is 0. The van der Waals surface area contributed by atoms with Crippen LogP contribution in [0.25, 0.3) is 0 Å². The zero-order chi connectivity index (χ0) is 15.6. The Labute approximate surface area is 120 Å². The molecular weight excluding hydrogens is 276 g/mol. The fourth-order valence-electron chi connectivity index (χ4n) is 1.22. The minimum absolute atomic E-state index is 0.0898. The summed E-state index contributed by atoms with van der Waals surface area (Å²) in [5.74, 6) is -0.0898. The Morgan fingerprint density at radius 3 is 1.90 bits per heavy atom. The topological polar surface area (TPSA) is 75.3 Å². The van der Waals surface area contributed by atoms with Gasteiger partial charge < -0.3 is 5.32 Å². The van der Waals surface area contributed by atoms with Crippen molar-refractivity contribution in [1.82, 2.24) is 0 Å². The highest BCUT2D eigenvalue weighted by atomic mass is 32.2. The van der Waals surface area contributed by atoms with Crippen molar-refractivity contribution in [2.45, 2.75) is 39.9 Å². The summed E-state index contributed by atoms with van der Waals surface area (Å²) in [4.78, 5) is 11.8. The smallest absolute Gasteiger partial charge is 0.235 e. The Morgan fingerprint density at radius 1 is 1.05 bits per heavy atom. The van der Waals surface area contributed by atoms with Crippen molar-refractivity contribution in [2.24, 2.45) is 5.41 Å². The molecule has 1 aromatic rings. The molecule has 0 aliphatic rings. The van der Waals surface area contributed by atoms with Crippen molar-refractivity contribution in [3.8, 4) is 0 Å². The van der Waals surface area contributed by atoms with Crippen LogP contribution >= 0.6 is 0 Å². The van der Waals surface area contributed by atoms with Crippen molar-refractivity contribution >= 4 is 27.3 Å². The molecule has 0 fully saturated rings. The van der Waals surface area contributed by atoms with E-state index >= 15 is 0 Å². The minimum atomic E-state index is -3.35. The molecule has 0 radical (unpaired) electrons. The second-order valence-electron chi connectivity index (χ2n) is 5.98. The lowest BCUT2D eigenvalue weighted by Crippen LogP contribution is -2.27. The van der Waals surface area contributed by atoms with Crippen LogP contribution in [0.1, 0.15) is 34.6 Å². The molecule has 0 aliphatic carbocycles. The highest BCUT2D eigenvalue weighted by Gasteiger charge is 2.21. The summed E-state index contributed by atoms with van der Waals surface area (Å²) in [7, 11) is -3.35. The van der Waals surface area contributed by atoms with Crippen LogP contribution in [0.4, 0.5) is 11.4 Å². The molecule has 0 saturated heterocycles. The fourth-order valence-corrected chi connectivity index (χ4v) is 1.92. The highest BCUT2D eigenvalue weighted by molar-refractivity contribution is 7.93. The second kappa shape index (κ2) is 5.83. The standard InChI is InChI=1S/C14H22N2O3S/c1-10(2)20(18,19)16-12-8-6-11(7-9-12)15-13(17)14(3,4)5/h6-10,16H,1-5H3,(H,15,17). The van der Waals surface area contributed by atoms with E-state index in [1.165, 1.54) is 0 Å². The van der Waals surface area contributed by atoms with Crippen molar-refractivity contribution in [3.05, 3.63) is 24.3 Å². The normalized spacial score (nSPS) is 12.3. The molecular formula is C14H22N2O3S. The monoisotopic (exact) mass is 298 g/mol. The van der Waals surface area contributed by atoms with E-state index < -0.39 is 20.7 Å². The molecule has 1 aromatic carbocycles. The van der Waals surface area contributed by atoms with Crippen LogP contribution in [0.15, 0.2) is 24.3 Å². The lowest BCUT2D eigenvalue weighted by atomic mass is 9.95. The molecule has 0 aliphatic heterocycles. The van der Waals surface area contributed by atoms with Crippen LogP contribution in [0, 0.1) is 5.41 Å². The molecule has 112 valence electrons. The molecule has 0 bridgehead atoms. The Bertz CT molecular complexity index is 569. The van der Waals surface area contributed by atoms with Gasteiger partial charge in [0, 0.05) is 16.8 Å². The van der Waals surface area contributed by atoms with E-state index in [0.717, 1.165) is 0 Å². The van der Waals surface area contributed by atoms with Gasteiger partial charge in [-0.1, -0.05) is 20.8 Å². The van der Waals surface area contributed by atoms with Gasteiger partial charge in [0.15, 0.2) is 0 Å². The average Bonchev–Trinajstić information content (AvgIpc) is 2.29. The number of carbonyl (C=O) groups is 1. The van der Waals surface area contributed by atoms with Gasteiger partial charge in [-0.15, -0.1) is 0 Å². The molecule has 1 amide bonds. The zero-order valence-corrected chi connectivity index (χ0v) is 13.3. The fraction of sp³-hybridized carbons (Fsp3) is 0.500. The number of amides is 1. The van der Waals surface area contributed by atoms with Crippen LogP contribution in [-0.2, 0) is 14.8 Å². The maximum absolute atomic E-state index is 11.8. The van der Waals surface area contributed by atoms with Crippen LogP contribution in [-0.4, -0.2) is 19.6 Å². The van der Waals surface area contributed by atoms with Gasteiger partial charge in [-0.25, -0.2) is 8.42 Å². The summed E-state index contributed by atoms with van der Waals surface area (Å²) < 4.78 is 25.9. The minimum Gasteiger partial charge on any atom is -0.326 e. The lowest BCUT2D eigenvalue weighted by molar-refractivity contribution is -0.123. The first-order valence-electron chi connectivity index (χ1n) is 6.45. The van der Waals surface area contributed by atoms with Gasteiger partial charge in [-0.05, 0) is 38.1 Å². The first-order valence-corrected chi connectivity index (χ1v) is 8.00. The third-order valence-electron chi connectivity index (χ3n) is 2.70. The van der Waals surface area contributed by atoms with Gasteiger partial charge in [0.25, 0.3) is 0 Å². The maximum atomic E-state index is 11.8. The van der Waals surface area contributed by atoms with Gasteiger partial charge >= 0.3 is 0 Å². The predicted octanol–water partition coefficient (Wildman–Crippen LogP) is 2.82. The molecule has 0 aromatic heterocycles. The third-order valence-corrected chi connectivity index (χ3v) is 4.47. The number of hydrogen-bond acceptors (Lipinski definition) is 3. The first kappa shape index (κ1) is 16.5. The van der Waals surface area contributed by atoms with E-state index in [2.05, 4.69) is 10.0 Å². The molecule has 0 atom stereocenters. The number of rotatable bonds is 4. The number of sulfonamides is 1. The second-order valence-corrected chi connectivity index (χ2v) is 8.21. The van der Waals surface area contributed by atoms with Crippen molar-refractivity contribution in [1.29, 1.82) is 0 Å². The number of nitrogens with one attached hydrogen (secondary N) is 2. The molecule has 0 unspecified atom stereocenters. The zero-order valence-electron chi connectivity index (χ0n) is 12.5.